The van der Waals surface area contributed by atoms with Crippen molar-refractivity contribution in [2.24, 2.45) is 0 Å². The molecule has 1 atom stereocenters. The Morgan fingerprint density at radius 3 is 3.05 bits per heavy atom. The molecule has 0 aliphatic carbocycles. The lowest BCUT2D eigenvalue weighted by molar-refractivity contribution is 0.0470. The molecule has 0 radical (unpaired) electrons. The summed E-state index contributed by atoms with van der Waals surface area (Å²) in [4.78, 5) is 17.6. The summed E-state index contributed by atoms with van der Waals surface area (Å²) >= 11 is 0.264. The Labute approximate surface area is 113 Å². The highest BCUT2D eigenvalue weighted by molar-refractivity contribution is 7.99. The number of carbonyl (C=O) groups is 1. The summed E-state index contributed by atoms with van der Waals surface area (Å²) in [7, 11) is 0. The Hall–Kier alpha value is -1.21. The molecule has 0 bridgehead atoms. The maximum absolute atomic E-state index is 12.4. The highest BCUT2D eigenvalue weighted by atomic mass is 32.2. The summed E-state index contributed by atoms with van der Waals surface area (Å²) in [5.41, 5.74) is 0.168. The first-order valence-electron chi connectivity index (χ1n) is 5.95. The maximum atomic E-state index is 12.4. The Balaban J connectivity index is 2.18. The number of amides is 1. The molecule has 7 heteroatoms. The average molecular weight is 288 g/mol. The van der Waals surface area contributed by atoms with E-state index in [0.29, 0.717) is 19.4 Å². The van der Waals surface area contributed by atoms with E-state index in [-0.39, 0.29) is 34.8 Å². The van der Waals surface area contributed by atoms with Crippen LogP contribution in [0, 0.1) is 0 Å². The van der Waals surface area contributed by atoms with Crippen LogP contribution in [0.3, 0.4) is 0 Å². The van der Waals surface area contributed by atoms with Gasteiger partial charge in [-0.3, -0.25) is 4.79 Å². The van der Waals surface area contributed by atoms with Gasteiger partial charge in [0.25, 0.3) is 11.7 Å². The molecule has 19 heavy (non-hydrogen) atoms. The summed E-state index contributed by atoms with van der Waals surface area (Å²) in [6.45, 7) is 0.774. The van der Waals surface area contributed by atoms with Gasteiger partial charge in [0.2, 0.25) is 0 Å². The van der Waals surface area contributed by atoms with Crippen LogP contribution in [-0.2, 0) is 0 Å². The number of piperidine rings is 1. The third kappa shape index (κ3) is 3.63. The van der Waals surface area contributed by atoms with Crippen LogP contribution >= 0.6 is 11.8 Å². The van der Waals surface area contributed by atoms with Gasteiger partial charge in [0.1, 0.15) is 5.03 Å². The van der Waals surface area contributed by atoms with E-state index in [1.165, 1.54) is 17.2 Å². The molecule has 1 aromatic rings. The minimum atomic E-state index is -2.62. The Morgan fingerprint density at radius 1 is 1.58 bits per heavy atom. The first kappa shape index (κ1) is 14.2. The molecule has 1 aliphatic heterocycles. The number of nitrogens with zero attached hydrogens (tertiary/aromatic N) is 2. The van der Waals surface area contributed by atoms with E-state index in [1.807, 2.05) is 0 Å². The van der Waals surface area contributed by atoms with Crippen molar-refractivity contribution in [3.63, 3.8) is 0 Å². The van der Waals surface area contributed by atoms with Crippen molar-refractivity contribution in [3.05, 3.63) is 23.9 Å². The maximum Gasteiger partial charge on any atom is 0.290 e. The van der Waals surface area contributed by atoms with Gasteiger partial charge in [0.05, 0.1) is 11.7 Å². The lowest BCUT2D eigenvalue weighted by atomic mass is 10.1. The zero-order chi connectivity index (χ0) is 13.8. The first-order chi connectivity index (χ1) is 9.08. The van der Waals surface area contributed by atoms with E-state index in [1.54, 1.807) is 6.07 Å². The quantitative estimate of drug-likeness (QED) is 0.864. The van der Waals surface area contributed by atoms with Crippen molar-refractivity contribution >= 4 is 17.7 Å². The summed E-state index contributed by atoms with van der Waals surface area (Å²) in [6, 6.07) is 3.03. The number of hydrogen-bond acceptors (Lipinski definition) is 4. The van der Waals surface area contributed by atoms with Gasteiger partial charge in [-0.1, -0.05) is 0 Å². The highest BCUT2D eigenvalue weighted by Crippen LogP contribution is 2.27. The van der Waals surface area contributed by atoms with Gasteiger partial charge in [-0.15, -0.1) is 0 Å². The van der Waals surface area contributed by atoms with Crippen LogP contribution < -0.4 is 0 Å². The molecule has 2 heterocycles. The largest absolute Gasteiger partial charge is 0.391 e. The van der Waals surface area contributed by atoms with Crippen LogP contribution in [-0.4, -0.2) is 45.8 Å². The number of β-amino-alcohol motifs (C(OH)–C–C–N with tert-alkyl or cyclic N) is 1. The number of aliphatic hydroxyl groups is 1. The highest BCUT2D eigenvalue weighted by Gasteiger charge is 2.25. The third-order valence-corrected chi connectivity index (χ3v) is 3.61. The Bertz CT molecular complexity index is 459. The zero-order valence-corrected chi connectivity index (χ0v) is 10.9. The minimum absolute atomic E-state index is 0.0302. The number of thioether (sulfide) groups is 1. The standard InChI is InChI=1S/C12H14F2N2O2S/c13-12(14)19-10-9(4-1-5-15-10)11(18)16-6-2-3-8(17)7-16/h1,4-5,8,12,17H,2-3,6-7H2. The van der Waals surface area contributed by atoms with Crippen LogP contribution in [0.5, 0.6) is 0 Å². The fraction of sp³-hybridized carbons (Fsp3) is 0.500. The SMILES string of the molecule is O=C(c1cccnc1SC(F)F)N1CCCC(O)C1. The van der Waals surface area contributed by atoms with E-state index >= 15 is 0 Å². The van der Waals surface area contributed by atoms with Gasteiger partial charge in [0.15, 0.2) is 0 Å². The average Bonchev–Trinajstić information content (AvgIpc) is 2.38. The number of alkyl halides is 2. The molecule has 4 nitrogen and oxygen atoms in total. The number of pyridine rings is 1. The van der Waals surface area contributed by atoms with Crippen LogP contribution in [0.15, 0.2) is 23.4 Å². The van der Waals surface area contributed by atoms with Crippen molar-refractivity contribution in [2.75, 3.05) is 13.1 Å². The second kappa shape index (κ2) is 6.29. The second-order valence-corrected chi connectivity index (χ2v) is 5.26. The van der Waals surface area contributed by atoms with E-state index in [4.69, 9.17) is 0 Å². The zero-order valence-electron chi connectivity index (χ0n) is 10.1. The molecule has 2 rings (SSSR count). The molecule has 1 unspecified atom stereocenters. The third-order valence-electron chi connectivity index (χ3n) is 2.89. The lowest BCUT2D eigenvalue weighted by Crippen LogP contribution is -2.42. The van der Waals surface area contributed by atoms with Gasteiger partial charge >= 0.3 is 0 Å². The van der Waals surface area contributed by atoms with Crippen molar-refractivity contribution in [1.82, 2.24) is 9.88 Å². The molecule has 1 N–H and O–H groups in total. The molecule has 1 aromatic heterocycles. The number of likely N-dealkylation sites (tertiary alicyclic amines) is 1. The number of carbonyl (C=O) groups excluding carboxylic acids is 1. The topological polar surface area (TPSA) is 53.4 Å². The van der Waals surface area contributed by atoms with Crippen molar-refractivity contribution in [1.29, 1.82) is 0 Å². The first-order valence-corrected chi connectivity index (χ1v) is 6.83. The molecule has 1 amide bonds. The lowest BCUT2D eigenvalue weighted by Gasteiger charge is -2.30. The van der Waals surface area contributed by atoms with E-state index in [2.05, 4.69) is 4.98 Å². The van der Waals surface area contributed by atoms with Crippen molar-refractivity contribution in [2.45, 2.75) is 29.7 Å². The summed E-state index contributed by atoms with van der Waals surface area (Å²) < 4.78 is 24.9. The molecule has 0 saturated carbocycles. The van der Waals surface area contributed by atoms with Gasteiger partial charge in [-0.2, -0.15) is 8.78 Å². The molecule has 0 aromatic carbocycles. The summed E-state index contributed by atoms with van der Waals surface area (Å²) in [5.74, 6) is -2.97. The molecule has 0 spiro atoms. The van der Waals surface area contributed by atoms with Crippen LogP contribution in [0.1, 0.15) is 23.2 Å². The minimum Gasteiger partial charge on any atom is -0.391 e. The van der Waals surface area contributed by atoms with Crippen molar-refractivity contribution < 1.29 is 18.7 Å². The predicted molar refractivity (Wildman–Crippen MR) is 67.2 cm³/mol. The fourth-order valence-corrected chi connectivity index (χ4v) is 2.61. The number of halogens is 2. The number of aromatic nitrogens is 1. The van der Waals surface area contributed by atoms with Gasteiger partial charge < -0.3 is 10.0 Å². The van der Waals surface area contributed by atoms with Crippen LogP contribution in [0.4, 0.5) is 8.78 Å². The van der Waals surface area contributed by atoms with Crippen LogP contribution in [0.25, 0.3) is 0 Å². The van der Waals surface area contributed by atoms with E-state index in [9.17, 15) is 18.7 Å². The molecular formula is C12H14F2N2O2S. The normalized spacial score (nSPS) is 19.8. The van der Waals surface area contributed by atoms with Gasteiger partial charge in [-0.25, -0.2) is 4.98 Å². The van der Waals surface area contributed by atoms with E-state index < -0.39 is 11.9 Å². The Morgan fingerprint density at radius 2 is 2.37 bits per heavy atom. The van der Waals surface area contributed by atoms with E-state index in [0.717, 1.165) is 0 Å². The Kier molecular flexibility index (Phi) is 4.71. The monoisotopic (exact) mass is 288 g/mol. The van der Waals surface area contributed by atoms with Crippen molar-refractivity contribution in [3.8, 4) is 0 Å². The summed E-state index contributed by atoms with van der Waals surface area (Å²) in [5, 5.41) is 9.59. The van der Waals surface area contributed by atoms with Gasteiger partial charge in [-0.05, 0) is 36.7 Å². The molecule has 1 aliphatic rings. The smallest absolute Gasteiger partial charge is 0.290 e. The molecule has 1 fully saturated rings. The molecule has 104 valence electrons. The number of rotatable bonds is 3. The number of hydrogen-bond donors (Lipinski definition) is 1. The van der Waals surface area contributed by atoms with Gasteiger partial charge in [0, 0.05) is 19.3 Å². The predicted octanol–water partition coefficient (Wildman–Crippen LogP) is 1.99. The number of aliphatic hydroxyl groups excluding tert-OH is 1. The fourth-order valence-electron chi connectivity index (χ4n) is 2.04. The van der Waals surface area contributed by atoms with Crippen LogP contribution in [0.2, 0.25) is 0 Å². The molecular weight excluding hydrogens is 274 g/mol. The second-order valence-electron chi connectivity index (χ2n) is 4.28. The molecule has 1 saturated heterocycles. The summed E-state index contributed by atoms with van der Waals surface area (Å²) in [6.07, 6.45) is 2.22.